The number of aryl methyl sites for hydroxylation is 2. The predicted molar refractivity (Wildman–Crippen MR) is 94.0 cm³/mol. The molecule has 0 saturated heterocycles. The molecule has 0 fully saturated rings. The van der Waals surface area contributed by atoms with Crippen molar-refractivity contribution in [2.24, 2.45) is 0 Å². The second-order valence-electron chi connectivity index (χ2n) is 6.63. The Labute approximate surface area is 142 Å². The minimum absolute atomic E-state index is 0.223. The maximum atomic E-state index is 11.5. The number of carboxylic acids is 1. The number of ether oxygens (including phenoxy) is 1. The molecule has 1 atom stereocenters. The Bertz CT molecular complexity index is 813. The van der Waals surface area contributed by atoms with Gasteiger partial charge < -0.3 is 15.2 Å². The molecule has 0 radical (unpaired) electrons. The highest BCUT2D eigenvalue weighted by Crippen LogP contribution is 2.39. The van der Waals surface area contributed by atoms with Gasteiger partial charge in [0, 0.05) is 6.54 Å². The Balaban J connectivity index is 2.22. The van der Waals surface area contributed by atoms with Crippen molar-refractivity contribution in [3.05, 3.63) is 63.7 Å². The average molecular weight is 325 g/mol. The van der Waals surface area contributed by atoms with Gasteiger partial charge in [-0.1, -0.05) is 23.8 Å². The summed E-state index contributed by atoms with van der Waals surface area (Å²) < 4.78 is 5.34. The second-order valence-corrected chi connectivity index (χ2v) is 6.63. The monoisotopic (exact) mass is 325 g/mol. The van der Waals surface area contributed by atoms with E-state index < -0.39 is 5.97 Å². The van der Waals surface area contributed by atoms with Crippen LogP contribution < -0.4 is 10.1 Å². The van der Waals surface area contributed by atoms with Crippen LogP contribution in [0.25, 0.3) is 0 Å². The molecule has 1 aliphatic rings. The maximum absolute atomic E-state index is 11.5. The lowest BCUT2D eigenvalue weighted by molar-refractivity contribution is 0.0693. The van der Waals surface area contributed by atoms with Crippen LogP contribution in [0, 0.1) is 13.8 Å². The third-order valence-electron chi connectivity index (χ3n) is 4.99. The fourth-order valence-electron chi connectivity index (χ4n) is 3.79. The summed E-state index contributed by atoms with van der Waals surface area (Å²) in [5.74, 6) is -0.553. The largest absolute Gasteiger partial charge is 0.496 e. The summed E-state index contributed by atoms with van der Waals surface area (Å²) >= 11 is 0. The molecule has 4 heteroatoms. The molecule has 0 spiro atoms. The minimum Gasteiger partial charge on any atom is -0.496 e. The van der Waals surface area contributed by atoms with Crippen molar-refractivity contribution < 1.29 is 14.6 Å². The topological polar surface area (TPSA) is 58.6 Å². The van der Waals surface area contributed by atoms with Gasteiger partial charge in [0.05, 0.1) is 12.6 Å². The first-order chi connectivity index (χ1) is 11.4. The van der Waals surface area contributed by atoms with Crippen molar-refractivity contribution >= 4 is 5.97 Å². The summed E-state index contributed by atoms with van der Waals surface area (Å²) in [6.45, 7) is 7.17. The van der Waals surface area contributed by atoms with Crippen molar-refractivity contribution in [1.29, 1.82) is 0 Å². The van der Waals surface area contributed by atoms with E-state index in [1.807, 2.05) is 6.07 Å². The van der Waals surface area contributed by atoms with E-state index >= 15 is 0 Å². The van der Waals surface area contributed by atoms with E-state index in [9.17, 15) is 9.90 Å². The average Bonchev–Trinajstić information content (AvgIpc) is 2.53. The van der Waals surface area contributed by atoms with Crippen LogP contribution in [0.4, 0.5) is 0 Å². The van der Waals surface area contributed by atoms with E-state index in [0.29, 0.717) is 5.75 Å². The fraction of sp³-hybridized carbons (Fsp3) is 0.350. The van der Waals surface area contributed by atoms with Gasteiger partial charge in [0.1, 0.15) is 11.3 Å². The van der Waals surface area contributed by atoms with Gasteiger partial charge in [0.25, 0.3) is 0 Å². The van der Waals surface area contributed by atoms with Gasteiger partial charge >= 0.3 is 5.97 Å². The number of rotatable bonds is 3. The Morgan fingerprint density at radius 2 is 1.96 bits per heavy atom. The molecule has 1 heterocycles. The third kappa shape index (κ3) is 2.57. The fourth-order valence-corrected chi connectivity index (χ4v) is 3.79. The predicted octanol–water partition coefficient (Wildman–Crippen LogP) is 3.42. The lowest BCUT2D eigenvalue weighted by Gasteiger charge is -2.39. The number of aromatic carboxylic acids is 1. The summed E-state index contributed by atoms with van der Waals surface area (Å²) in [7, 11) is 1.51. The highest BCUT2D eigenvalue weighted by atomic mass is 16.5. The minimum atomic E-state index is -0.957. The molecule has 1 aliphatic heterocycles. The van der Waals surface area contributed by atoms with E-state index in [1.165, 1.54) is 23.8 Å². The molecule has 4 nitrogen and oxygen atoms in total. The molecule has 3 rings (SSSR count). The first kappa shape index (κ1) is 16.5. The van der Waals surface area contributed by atoms with Crippen molar-refractivity contribution in [2.75, 3.05) is 13.7 Å². The van der Waals surface area contributed by atoms with Crippen LogP contribution in [0.3, 0.4) is 0 Å². The van der Waals surface area contributed by atoms with Crippen LogP contribution in [-0.4, -0.2) is 24.7 Å². The summed E-state index contributed by atoms with van der Waals surface area (Å²) in [4.78, 5) is 11.5. The molecule has 126 valence electrons. The normalized spacial score (nSPS) is 19.7. The zero-order chi connectivity index (χ0) is 17.5. The molecule has 0 amide bonds. The van der Waals surface area contributed by atoms with Gasteiger partial charge in [-0.25, -0.2) is 4.79 Å². The number of carbonyl (C=O) groups is 1. The van der Waals surface area contributed by atoms with Crippen LogP contribution in [-0.2, 0) is 12.0 Å². The number of methoxy groups -OCH3 is 1. The molecule has 2 aromatic rings. The Morgan fingerprint density at radius 3 is 2.58 bits per heavy atom. The smallest absolute Gasteiger partial charge is 0.339 e. The van der Waals surface area contributed by atoms with E-state index in [4.69, 9.17) is 4.74 Å². The molecule has 2 N–H and O–H groups in total. The molecule has 0 aliphatic carbocycles. The molecule has 24 heavy (non-hydrogen) atoms. The highest BCUT2D eigenvalue weighted by molar-refractivity contribution is 5.91. The van der Waals surface area contributed by atoms with Crippen LogP contribution in [0.1, 0.15) is 45.1 Å². The molecular formula is C20H23NO3. The van der Waals surface area contributed by atoms with E-state index in [0.717, 1.165) is 24.1 Å². The van der Waals surface area contributed by atoms with Crippen molar-refractivity contribution in [3.63, 3.8) is 0 Å². The van der Waals surface area contributed by atoms with Gasteiger partial charge in [-0.2, -0.15) is 0 Å². The van der Waals surface area contributed by atoms with E-state index in [1.54, 1.807) is 6.07 Å². The molecule has 0 saturated carbocycles. The van der Waals surface area contributed by atoms with Crippen molar-refractivity contribution in [1.82, 2.24) is 5.32 Å². The molecule has 2 aromatic carbocycles. The van der Waals surface area contributed by atoms with Gasteiger partial charge in [-0.05, 0) is 61.6 Å². The first-order valence-electron chi connectivity index (χ1n) is 8.14. The Morgan fingerprint density at radius 1 is 1.21 bits per heavy atom. The van der Waals surface area contributed by atoms with E-state index in [-0.39, 0.29) is 11.1 Å². The quantitative estimate of drug-likeness (QED) is 0.908. The zero-order valence-electron chi connectivity index (χ0n) is 14.6. The number of hydrogen-bond acceptors (Lipinski definition) is 3. The lowest BCUT2D eigenvalue weighted by atomic mass is 9.76. The van der Waals surface area contributed by atoms with Gasteiger partial charge in [-0.15, -0.1) is 0 Å². The molecule has 1 unspecified atom stereocenters. The van der Waals surface area contributed by atoms with Crippen molar-refractivity contribution in [3.8, 4) is 5.75 Å². The lowest BCUT2D eigenvalue weighted by Crippen LogP contribution is -2.46. The Kier molecular flexibility index (Phi) is 4.10. The summed E-state index contributed by atoms with van der Waals surface area (Å²) in [5, 5.41) is 13.0. The standard InChI is InChI=1S/C20H23NO3/c1-12-5-6-16(13(2)9-12)20(3)17-11-18(24-4)15(19(22)23)10-14(17)7-8-21-20/h5-6,9-11,21H,7-8H2,1-4H3,(H,22,23). The number of benzene rings is 2. The summed E-state index contributed by atoms with van der Waals surface area (Å²) in [6.07, 6.45) is 0.806. The number of nitrogens with one attached hydrogen (secondary N) is 1. The van der Waals surface area contributed by atoms with Gasteiger partial charge in [0.15, 0.2) is 0 Å². The van der Waals surface area contributed by atoms with Crippen LogP contribution >= 0.6 is 0 Å². The molecule has 0 aromatic heterocycles. The summed E-state index contributed by atoms with van der Waals surface area (Å²) in [5.41, 5.74) is 5.67. The second kappa shape index (κ2) is 5.95. The first-order valence-corrected chi connectivity index (χ1v) is 8.14. The van der Waals surface area contributed by atoms with E-state index in [2.05, 4.69) is 44.3 Å². The van der Waals surface area contributed by atoms with Crippen LogP contribution in [0.15, 0.2) is 30.3 Å². The zero-order valence-corrected chi connectivity index (χ0v) is 14.6. The third-order valence-corrected chi connectivity index (χ3v) is 4.99. The number of hydrogen-bond donors (Lipinski definition) is 2. The summed E-state index contributed by atoms with van der Waals surface area (Å²) in [6, 6.07) is 10.1. The maximum Gasteiger partial charge on any atom is 0.339 e. The van der Waals surface area contributed by atoms with Gasteiger partial charge in [-0.3, -0.25) is 0 Å². The van der Waals surface area contributed by atoms with Crippen LogP contribution in [0.2, 0.25) is 0 Å². The highest BCUT2D eigenvalue weighted by Gasteiger charge is 2.36. The van der Waals surface area contributed by atoms with Crippen LogP contribution in [0.5, 0.6) is 5.75 Å². The number of fused-ring (bicyclic) bond motifs is 1. The molecule has 0 bridgehead atoms. The number of carboxylic acid groups (broad SMARTS) is 1. The van der Waals surface area contributed by atoms with Gasteiger partial charge in [0.2, 0.25) is 0 Å². The van der Waals surface area contributed by atoms with Crippen molar-refractivity contribution in [2.45, 2.75) is 32.7 Å². The molecular weight excluding hydrogens is 302 g/mol. The SMILES string of the molecule is COc1cc2c(cc1C(=O)O)CCNC2(C)c1ccc(C)cc1C. The Hall–Kier alpha value is -2.33.